The van der Waals surface area contributed by atoms with Crippen molar-refractivity contribution in [1.29, 1.82) is 0 Å². The second-order valence-electron chi connectivity index (χ2n) is 6.10. The summed E-state index contributed by atoms with van der Waals surface area (Å²) in [5.41, 5.74) is 4.06. The summed E-state index contributed by atoms with van der Waals surface area (Å²) >= 11 is 24.8. The Bertz CT molecular complexity index is 813. The molecule has 0 aromatic heterocycles. The first-order valence-electron chi connectivity index (χ1n) is 7.95. The molecule has 0 N–H and O–H groups in total. The van der Waals surface area contributed by atoms with Gasteiger partial charge in [0, 0.05) is 17.0 Å². The van der Waals surface area contributed by atoms with Crippen LogP contribution in [-0.2, 0) is 0 Å². The molecule has 0 aliphatic carbocycles. The molecule has 1 unspecified atom stereocenters. The molecule has 1 nitrogen and oxygen atoms in total. The van der Waals surface area contributed by atoms with Crippen LogP contribution in [0.15, 0.2) is 35.3 Å². The molecule has 2 atom stereocenters. The van der Waals surface area contributed by atoms with Crippen molar-refractivity contribution in [2.24, 2.45) is 4.99 Å². The zero-order valence-electron chi connectivity index (χ0n) is 13.4. The summed E-state index contributed by atoms with van der Waals surface area (Å²) in [6, 6.07) is 9.65. The van der Waals surface area contributed by atoms with Crippen molar-refractivity contribution in [3.05, 3.63) is 67.1 Å². The average Bonchev–Trinajstić information content (AvgIpc) is 2.54. The van der Waals surface area contributed by atoms with Crippen molar-refractivity contribution >= 4 is 52.1 Å². The molecule has 0 saturated carbocycles. The van der Waals surface area contributed by atoms with Crippen LogP contribution in [0.25, 0.3) is 0 Å². The molecular weight excluding hydrogens is 384 g/mol. The molecule has 126 valence electrons. The minimum absolute atomic E-state index is 0.166. The van der Waals surface area contributed by atoms with Crippen molar-refractivity contribution in [1.82, 2.24) is 0 Å². The molecule has 2 aromatic rings. The highest BCUT2D eigenvalue weighted by Crippen LogP contribution is 2.39. The van der Waals surface area contributed by atoms with Gasteiger partial charge < -0.3 is 0 Å². The van der Waals surface area contributed by atoms with Crippen molar-refractivity contribution in [2.75, 3.05) is 0 Å². The highest BCUT2D eigenvalue weighted by molar-refractivity contribution is 6.43. The van der Waals surface area contributed by atoms with Crippen molar-refractivity contribution in [3.63, 3.8) is 0 Å². The molecule has 24 heavy (non-hydrogen) atoms. The highest BCUT2D eigenvalue weighted by atomic mass is 35.5. The third-order valence-corrected chi connectivity index (χ3v) is 5.92. The Morgan fingerprint density at radius 3 is 2.25 bits per heavy atom. The zero-order valence-corrected chi connectivity index (χ0v) is 16.4. The van der Waals surface area contributed by atoms with Crippen LogP contribution >= 0.6 is 46.4 Å². The highest BCUT2D eigenvalue weighted by Gasteiger charge is 2.29. The Labute approximate surface area is 162 Å². The Morgan fingerprint density at radius 1 is 0.917 bits per heavy atom. The standard InChI is InChI=1S/C19H17Cl4N/c1-3-4-12-10(2)24-19(11-5-6-15(20)16(21)7-11)14-9-18(23)17(22)8-13(12)14/h5-10,12H,3-4H2,1-2H3/t10?,12-/m0/s1. The van der Waals surface area contributed by atoms with Gasteiger partial charge in [-0.25, -0.2) is 0 Å². The van der Waals surface area contributed by atoms with Gasteiger partial charge in [0.2, 0.25) is 0 Å². The normalized spacial score (nSPS) is 19.8. The largest absolute Gasteiger partial charge is 0.280 e. The third kappa shape index (κ3) is 3.32. The zero-order chi connectivity index (χ0) is 17.4. The minimum Gasteiger partial charge on any atom is -0.280 e. The van der Waals surface area contributed by atoms with E-state index in [9.17, 15) is 0 Å². The smallest absolute Gasteiger partial charge is 0.0726 e. The van der Waals surface area contributed by atoms with E-state index in [0.29, 0.717) is 26.0 Å². The summed E-state index contributed by atoms with van der Waals surface area (Å²) in [6.07, 6.45) is 2.15. The average molecular weight is 401 g/mol. The lowest BCUT2D eigenvalue weighted by Crippen LogP contribution is -2.25. The number of aliphatic imine (C=N–C) groups is 1. The predicted octanol–water partition coefficient (Wildman–Crippen LogP) is 7.42. The molecular formula is C19H17Cl4N. The van der Waals surface area contributed by atoms with E-state index in [0.717, 1.165) is 29.7 Å². The Morgan fingerprint density at radius 2 is 1.58 bits per heavy atom. The lowest BCUT2D eigenvalue weighted by molar-refractivity contribution is 0.518. The van der Waals surface area contributed by atoms with Crippen LogP contribution in [0.5, 0.6) is 0 Å². The number of nitrogens with zero attached hydrogens (tertiary/aromatic N) is 1. The van der Waals surface area contributed by atoms with Crippen molar-refractivity contribution in [2.45, 2.75) is 38.6 Å². The van der Waals surface area contributed by atoms with Crippen LogP contribution in [0.4, 0.5) is 0 Å². The maximum absolute atomic E-state index is 6.29. The van der Waals surface area contributed by atoms with Crippen LogP contribution < -0.4 is 0 Å². The van der Waals surface area contributed by atoms with Crippen LogP contribution in [-0.4, -0.2) is 11.8 Å². The molecule has 1 aliphatic rings. The number of benzene rings is 2. The van der Waals surface area contributed by atoms with Gasteiger partial charge in [-0.15, -0.1) is 0 Å². The van der Waals surface area contributed by atoms with Gasteiger partial charge in [-0.05, 0) is 43.2 Å². The van der Waals surface area contributed by atoms with E-state index in [1.807, 2.05) is 24.3 Å². The van der Waals surface area contributed by atoms with E-state index in [2.05, 4.69) is 13.8 Å². The molecule has 0 radical (unpaired) electrons. The second kappa shape index (κ2) is 7.25. The Balaban J connectivity index is 2.19. The lowest BCUT2D eigenvalue weighted by Gasteiger charge is -2.30. The van der Waals surface area contributed by atoms with Gasteiger partial charge >= 0.3 is 0 Å². The van der Waals surface area contributed by atoms with Gasteiger partial charge in [0.25, 0.3) is 0 Å². The molecule has 2 aromatic carbocycles. The molecule has 0 amide bonds. The maximum atomic E-state index is 6.29. The fourth-order valence-corrected chi connectivity index (χ4v) is 3.91. The van der Waals surface area contributed by atoms with E-state index in [4.69, 9.17) is 51.4 Å². The first-order chi connectivity index (χ1) is 11.4. The topological polar surface area (TPSA) is 12.4 Å². The Hall–Kier alpha value is -0.730. The summed E-state index contributed by atoms with van der Waals surface area (Å²) in [7, 11) is 0. The van der Waals surface area contributed by atoms with Gasteiger partial charge in [0.1, 0.15) is 0 Å². The fourth-order valence-electron chi connectivity index (χ4n) is 3.28. The predicted molar refractivity (Wildman–Crippen MR) is 106 cm³/mol. The van der Waals surface area contributed by atoms with E-state index in [1.165, 1.54) is 5.56 Å². The number of hydrogen-bond donors (Lipinski definition) is 0. The minimum atomic E-state index is 0.166. The van der Waals surface area contributed by atoms with E-state index in [1.54, 1.807) is 6.07 Å². The summed E-state index contributed by atoms with van der Waals surface area (Å²) < 4.78 is 0. The van der Waals surface area contributed by atoms with E-state index in [-0.39, 0.29) is 6.04 Å². The molecule has 1 heterocycles. The van der Waals surface area contributed by atoms with E-state index >= 15 is 0 Å². The number of halogens is 4. The van der Waals surface area contributed by atoms with Gasteiger partial charge in [-0.3, -0.25) is 4.99 Å². The SMILES string of the molecule is CCC[C@@H]1c2cc(Cl)c(Cl)cc2C(c2ccc(Cl)c(Cl)c2)=NC1C. The first kappa shape index (κ1) is 18.1. The summed E-state index contributed by atoms with van der Waals surface area (Å²) in [6.45, 7) is 4.32. The quantitative estimate of drug-likeness (QED) is 0.508. The van der Waals surface area contributed by atoms with Gasteiger partial charge in [0.05, 0.1) is 31.8 Å². The van der Waals surface area contributed by atoms with Crippen LogP contribution in [0.2, 0.25) is 20.1 Å². The molecule has 5 heteroatoms. The summed E-state index contributed by atoms with van der Waals surface area (Å²) in [5, 5.41) is 2.16. The van der Waals surface area contributed by atoms with Gasteiger partial charge in [-0.2, -0.15) is 0 Å². The molecule has 1 aliphatic heterocycles. The maximum Gasteiger partial charge on any atom is 0.0726 e. The molecule has 0 fully saturated rings. The molecule has 0 bridgehead atoms. The number of rotatable bonds is 3. The van der Waals surface area contributed by atoms with Gasteiger partial charge in [-0.1, -0.05) is 65.8 Å². The van der Waals surface area contributed by atoms with Crippen LogP contribution in [0, 0.1) is 0 Å². The van der Waals surface area contributed by atoms with Crippen LogP contribution in [0.3, 0.4) is 0 Å². The summed E-state index contributed by atoms with van der Waals surface area (Å²) in [5.74, 6) is 0.339. The number of fused-ring (bicyclic) bond motifs is 1. The lowest BCUT2D eigenvalue weighted by atomic mass is 9.80. The van der Waals surface area contributed by atoms with Crippen LogP contribution in [0.1, 0.15) is 49.3 Å². The van der Waals surface area contributed by atoms with Crippen molar-refractivity contribution in [3.8, 4) is 0 Å². The second-order valence-corrected chi connectivity index (χ2v) is 7.72. The molecule has 0 saturated heterocycles. The Kier molecular flexibility index (Phi) is 5.46. The first-order valence-corrected chi connectivity index (χ1v) is 9.46. The van der Waals surface area contributed by atoms with Crippen molar-refractivity contribution < 1.29 is 0 Å². The molecule has 3 rings (SSSR count). The molecule has 0 spiro atoms. The van der Waals surface area contributed by atoms with Gasteiger partial charge in [0.15, 0.2) is 0 Å². The fraction of sp³-hybridized carbons (Fsp3) is 0.316. The monoisotopic (exact) mass is 399 g/mol. The third-order valence-electron chi connectivity index (χ3n) is 4.45. The number of hydrogen-bond acceptors (Lipinski definition) is 1. The van der Waals surface area contributed by atoms with E-state index < -0.39 is 0 Å². The summed E-state index contributed by atoms with van der Waals surface area (Å²) in [4.78, 5) is 4.95.